The molecule has 1 aliphatic rings. The fraction of sp³-hybridized carbons (Fsp3) is 0.261. The van der Waals surface area contributed by atoms with Gasteiger partial charge < -0.3 is 23.7 Å². The fourth-order valence-corrected chi connectivity index (χ4v) is 2.85. The lowest BCUT2D eigenvalue weighted by Gasteiger charge is -2.35. The van der Waals surface area contributed by atoms with Crippen LogP contribution in [-0.4, -0.2) is 32.6 Å². The summed E-state index contributed by atoms with van der Waals surface area (Å²) in [4.78, 5) is 13.0. The summed E-state index contributed by atoms with van der Waals surface area (Å²) in [6.45, 7) is 3.82. The normalized spacial score (nSPS) is 21.6. The molecule has 6 heteroatoms. The summed E-state index contributed by atoms with van der Waals surface area (Å²) in [7, 11) is 3.20. The number of benzene rings is 2. The van der Waals surface area contributed by atoms with Crippen LogP contribution in [-0.2, 0) is 19.0 Å². The largest absolute Gasteiger partial charge is 0.497 e. The number of hydrogen-bond acceptors (Lipinski definition) is 6. The second kappa shape index (κ2) is 8.84. The monoisotopic (exact) mass is 396 g/mol. The number of rotatable bonds is 6. The zero-order valence-corrected chi connectivity index (χ0v) is 16.9. The maximum absolute atomic E-state index is 13.0. The van der Waals surface area contributed by atoms with Crippen molar-refractivity contribution in [2.24, 2.45) is 0 Å². The molecule has 3 rings (SSSR count). The number of methoxy groups -OCH3 is 2. The van der Waals surface area contributed by atoms with Crippen molar-refractivity contribution in [3.05, 3.63) is 71.2 Å². The molecule has 1 saturated heterocycles. The van der Waals surface area contributed by atoms with Crippen molar-refractivity contribution in [1.82, 2.24) is 0 Å². The molecular formula is C23H24O6. The predicted octanol–water partition coefficient (Wildman–Crippen LogP) is 4.41. The Kier molecular flexibility index (Phi) is 6.24. The van der Waals surface area contributed by atoms with Crippen molar-refractivity contribution in [1.29, 1.82) is 0 Å². The van der Waals surface area contributed by atoms with Gasteiger partial charge in [0.15, 0.2) is 11.5 Å². The van der Waals surface area contributed by atoms with E-state index >= 15 is 0 Å². The van der Waals surface area contributed by atoms with Gasteiger partial charge in [0.05, 0.1) is 20.8 Å². The summed E-state index contributed by atoms with van der Waals surface area (Å²) in [5, 5.41) is 0. The van der Waals surface area contributed by atoms with Gasteiger partial charge in [-0.25, -0.2) is 0 Å². The zero-order chi connectivity index (χ0) is 20.9. The second-order valence-corrected chi connectivity index (χ2v) is 6.39. The van der Waals surface area contributed by atoms with Gasteiger partial charge in [-0.3, -0.25) is 4.79 Å². The molecule has 0 aromatic heterocycles. The molecule has 1 heterocycles. The van der Waals surface area contributed by atoms with Crippen LogP contribution < -0.4 is 9.47 Å². The lowest BCUT2D eigenvalue weighted by molar-refractivity contribution is -0.343. The molecule has 0 atom stereocenters. The highest BCUT2D eigenvalue weighted by molar-refractivity contribution is 6.11. The molecule has 1 fully saturated rings. The molecule has 0 unspecified atom stereocenters. The highest BCUT2D eigenvalue weighted by Gasteiger charge is 2.41. The minimum atomic E-state index is -1.40. The van der Waals surface area contributed by atoms with Crippen LogP contribution in [0.4, 0.5) is 0 Å². The van der Waals surface area contributed by atoms with Crippen molar-refractivity contribution in [2.45, 2.75) is 19.8 Å². The predicted molar refractivity (Wildman–Crippen MR) is 109 cm³/mol. The van der Waals surface area contributed by atoms with E-state index in [-0.39, 0.29) is 17.3 Å². The molecule has 2 aromatic rings. The molecule has 1 aliphatic heterocycles. The molecular weight excluding hydrogens is 372 g/mol. The summed E-state index contributed by atoms with van der Waals surface area (Å²) in [5.41, 5.74) is 1.58. The van der Waals surface area contributed by atoms with Gasteiger partial charge in [0.25, 0.3) is 5.78 Å². The Morgan fingerprint density at radius 3 is 1.59 bits per heavy atom. The third kappa shape index (κ3) is 4.97. The highest BCUT2D eigenvalue weighted by atomic mass is 16.9. The van der Waals surface area contributed by atoms with Crippen LogP contribution in [0.15, 0.2) is 60.0 Å². The van der Waals surface area contributed by atoms with Gasteiger partial charge in [0.1, 0.15) is 11.5 Å². The number of Topliss-reactive ketones (excluding diaryl/α,β-unsaturated/α-hetero) is 1. The first-order valence-corrected chi connectivity index (χ1v) is 9.24. The Bertz CT molecular complexity index is 840. The van der Waals surface area contributed by atoms with Crippen LogP contribution in [0.2, 0.25) is 0 Å². The Labute approximate surface area is 170 Å². The van der Waals surface area contributed by atoms with Crippen LogP contribution in [0.5, 0.6) is 11.5 Å². The van der Waals surface area contributed by atoms with Gasteiger partial charge in [-0.1, -0.05) is 24.3 Å². The van der Waals surface area contributed by atoms with Crippen LogP contribution in [0, 0.1) is 0 Å². The first-order chi connectivity index (χ1) is 14.0. The average Bonchev–Trinajstić information content (AvgIpc) is 2.73. The van der Waals surface area contributed by atoms with E-state index in [9.17, 15) is 4.79 Å². The third-order valence-electron chi connectivity index (χ3n) is 4.27. The maximum Gasteiger partial charge on any atom is 0.368 e. The summed E-state index contributed by atoms with van der Waals surface area (Å²) in [6.07, 6.45) is 3.31. The molecule has 6 nitrogen and oxygen atoms in total. The van der Waals surface area contributed by atoms with Crippen molar-refractivity contribution in [3.63, 3.8) is 0 Å². The molecule has 152 valence electrons. The van der Waals surface area contributed by atoms with Crippen molar-refractivity contribution >= 4 is 17.9 Å². The Balaban J connectivity index is 1.96. The van der Waals surface area contributed by atoms with E-state index in [1.165, 1.54) is 0 Å². The van der Waals surface area contributed by atoms with E-state index in [4.69, 9.17) is 23.7 Å². The van der Waals surface area contributed by atoms with E-state index in [0.29, 0.717) is 6.61 Å². The molecule has 2 aromatic carbocycles. The second-order valence-electron chi connectivity index (χ2n) is 6.39. The molecule has 29 heavy (non-hydrogen) atoms. The zero-order valence-electron chi connectivity index (χ0n) is 16.9. The van der Waals surface area contributed by atoms with E-state index in [2.05, 4.69) is 0 Å². The number of carbonyl (C=O) groups is 1. The van der Waals surface area contributed by atoms with Gasteiger partial charge in [-0.15, -0.1) is 0 Å². The molecule has 0 N–H and O–H groups in total. The van der Waals surface area contributed by atoms with Crippen molar-refractivity contribution in [3.8, 4) is 11.5 Å². The van der Waals surface area contributed by atoms with Crippen LogP contribution >= 0.6 is 0 Å². The van der Waals surface area contributed by atoms with E-state index in [1.807, 2.05) is 55.5 Å². The number of hydrogen-bond donors (Lipinski definition) is 0. The van der Waals surface area contributed by atoms with Crippen molar-refractivity contribution in [2.75, 3.05) is 20.8 Å². The topological polar surface area (TPSA) is 63.2 Å². The minimum absolute atomic E-state index is 0.136. The van der Waals surface area contributed by atoms with Crippen LogP contribution in [0.25, 0.3) is 12.2 Å². The molecule has 0 spiro atoms. The van der Waals surface area contributed by atoms with Gasteiger partial charge >= 0.3 is 5.97 Å². The van der Waals surface area contributed by atoms with Gasteiger partial charge in [-0.2, -0.15) is 0 Å². The highest BCUT2D eigenvalue weighted by Crippen LogP contribution is 2.33. The summed E-state index contributed by atoms with van der Waals surface area (Å²) >= 11 is 0. The van der Waals surface area contributed by atoms with Crippen LogP contribution in [0.3, 0.4) is 0 Å². The fourth-order valence-electron chi connectivity index (χ4n) is 2.85. The molecule has 0 saturated carbocycles. The molecule has 0 amide bonds. The van der Waals surface area contributed by atoms with Crippen molar-refractivity contribution < 1.29 is 28.5 Å². The average molecular weight is 396 g/mol. The minimum Gasteiger partial charge on any atom is -0.497 e. The van der Waals surface area contributed by atoms with E-state index in [1.54, 1.807) is 33.3 Å². The number of ether oxygens (including phenoxy) is 5. The van der Waals surface area contributed by atoms with Crippen LogP contribution in [0.1, 0.15) is 25.0 Å². The maximum atomic E-state index is 13.0. The van der Waals surface area contributed by atoms with E-state index < -0.39 is 5.97 Å². The van der Waals surface area contributed by atoms with E-state index in [0.717, 1.165) is 22.6 Å². The Hall–Kier alpha value is -3.25. The number of carbonyl (C=O) groups excluding carboxylic acids is 1. The molecule has 0 bridgehead atoms. The molecule has 0 aliphatic carbocycles. The quantitative estimate of drug-likeness (QED) is 0.674. The van der Waals surface area contributed by atoms with Gasteiger partial charge in [-0.05, 0) is 54.5 Å². The molecule has 0 radical (unpaired) electrons. The Morgan fingerprint density at radius 1 is 0.828 bits per heavy atom. The summed E-state index contributed by atoms with van der Waals surface area (Å²) < 4.78 is 27.5. The smallest absolute Gasteiger partial charge is 0.368 e. The first-order valence-electron chi connectivity index (χ1n) is 9.24. The third-order valence-corrected chi connectivity index (χ3v) is 4.27. The lowest BCUT2D eigenvalue weighted by Crippen LogP contribution is -2.42. The lowest BCUT2D eigenvalue weighted by atomic mass is 10.1. The number of ketones is 1. The Morgan fingerprint density at radius 2 is 1.24 bits per heavy atom. The van der Waals surface area contributed by atoms with Gasteiger partial charge in [0, 0.05) is 6.92 Å². The van der Waals surface area contributed by atoms with Gasteiger partial charge in [0.2, 0.25) is 0 Å². The summed E-state index contributed by atoms with van der Waals surface area (Å²) in [5.74, 6) is -0.0430. The first kappa shape index (κ1) is 20.5. The standard InChI is InChI=1S/C23H24O6/c1-5-27-23(2)28-20(14-16-6-10-18(25-3)11-7-16)22(24)21(29-23)15-17-8-12-19(26-4)13-9-17/h6-15H,5H2,1-4H3. The SMILES string of the molecule is CCOC1(C)OC(=Cc2ccc(OC)cc2)C(=O)C(=Cc2ccc(OC)cc2)O1. The summed E-state index contributed by atoms with van der Waals surface area (Å²) in [6, 6.07) is 14.6.